The molecule has 0 aliphatic heterocycles. The van der Waals surface area contributed by atoms with Crippen molar-refractivity contribution in [3.63, 3.8) is 0 Å². The monoisotopic (exact) mass is 262 g/mol. The summed E-state index contributed by atoms with van der Waals surface area (Å²) in [5.41, 5.74) is 0. The molecular weight excluding hydrogens is 236 g/mol. The Morgan fingerprint density at radius 2 is 2.00 bits per heavy atom. The number of hydrogen-bond acceptors (Lipinski definition) is 2. The van der Waals surface area contributed by atoms with Crippen LogP contribution in [0.3, 0.4) is 0 Å². The number of carbonyl (C=O) groups excluding carboxylic acids is 1. The Balaban J connectivity index is 1.97. The second-order valence-corrected chi connectivity index (χ2v) is 5.84. The fourth-order valence-electron chi connectivity index (χ4n) is 3.15. The summed E-state index contributed by atoms with van der Waals surface area (Å²) in [4.78, 5) is 11.6. The third-order valence-electron chi connectivity index (χ3n) is 4.23. The number of carbonyl (C=O) groups is 1. The van der Waals surface area contributed by atoms with Crippen LogP contribution < -0.4 is 0 Å². The van der Waals surface area contributed by atoms with Gasteiger partial charge in [0.2, 0.25) is 0 Å². The minimum atomic E-state index is 0.322. The summed E-state index contributed by atoms with van der Waals surface area (Å²) in [6.45, 7) is 3.77. The van der Waals surface area contributed by atoms with E-state index in [4.69, 9.17) is 4.74 Å². The van der Waals surface area contributed by atoms with Gasteiger partial charge in [0, 0.05) is 18.8 Å². The van der Waals surface area contributed by atoms with Crippen LogP contribution in [0.2, 0.25) is 0 Å². The lowest BCUT2D eigenvalue weighted by Crippen LogP contribution is -2.23. The average molecular weight is 262 g/mol. The fourth-order valence-corrected chi connectivity index (χ4v) is 3.15. The first kappa shape index (κ1) is 14.4. The molecule has 19 heavy (non-hydrogen) atoms. The molecule has 2 nitrogen and oxygen atoms in total. The second-order valence-electron chi connectivity index (χ2n) is 5.84. The quantitative estimate of drug-likeness (QED) is 0.536. The van der Waals surface area contributed by atoms with Gasteiger partial charge in [0.15, 0.2) is 0 Å². The Morgan fingerprint density at radius 3 is 2.68 bits per heavy atom. The second kappa shape index (κ2) is 7.52. The summed E-state index contributed by atoms with van der Waals surface area (Å²) in [6.07, 6.45) is 15.1. The van der Waals surface area contributed by atoms with Crippen LogP contribution in [-0.4, -0.2) is 11.9 Å². The van der Waals surface area contributed by atoms with Crippen LogP contribution in [0.4, 0.5) is 0 Å². The zero-order valence-corrected chi connectivity index (χ0v) is 11.9. The largest absolute Gasteiger partial charge is 0.495 e. The normalized spacial score (nSPS) is 26.2. The summed E-state index contributed by atoms with van der Waals surface area (Å²) in [5.74, 6) is 1.79. The summed E-state index contributed by atoms with van der Waals surface area (Å²) in [6, 6.07) is 0. The predicted molar refractivity (Wildman–Crippen MR) is 77.8 cm³/mol. The highest BCUT2D eigenvalue weighted by molar-refractivity contribution is 5.79. The predicted octanol–water partition coefficient (Wildman–Crippen LogP) is 4.56. The van der Waals surface area contributed by atoms with Gasteiger partial charge in [0.1, 0.15) is 5.78 Å². The minimum absolute atomic E-state index is 0.322. The molecule has 2 heteroatoms. The topological polar surface area (TPSA) is 26.3 Å². The van der Waals surface area contributed by atoms with E-state index in [9.17, 15) is 4.79 Å². The van der Waals surface area contributed by atoms with Gasteiger partial charge in [-0.1, -0.05) is 12.5 Å². The van der Waals surface area contributed by atoms with Gasteiger partial charge in [0.25, 0.3) is 0 Å². The van der Waals surface area contributed by atoms with Crippen molar-refractivity contribution < 1.29 is 9.53 Å². The molecule has 2 fully saturated rings. The molecule has 0 spiro atoms. The Hall–Kier alpha value is -1.05. The lowest BCUT2D eigenvalue weighted by molar-refractivity contribution is -0.121. The SMILES string of the molecule is C=CC/C=C(\OC1CCCCC1)C1CCCC(=O)C1. The van der Waals surface area contributed by atoms with Crippen molar-refractivity contribution in [3.05, 3.63) is 24.5 Å². The first-order valence-electron chi connectivity index (χ1n) is 7.79. The molecular formula is C17H26O2. The van der Waals surface area contributed by atoms with Crippen LogP contribution in [0, 0.1) is 5.92 Å². The first-order chi connectivity index (χ1) is 9.29. The summed E-state index contributed by atoms with van der Waals surface area (Å²) in [7, 11) is 0. The molecule has 0 radical (unpaired) electrons. The van der Waals surface area contributed by atoms with E-state index >= 15 is 0 Å². The van der Waals surface area contributed by atoms with E-state index in [1.807, 2.05) is 6.08 Å². The molecule has 2 rings (SSSR count). The van der Waals surface area contributed by atoms with Crippen molar-refractivity contribution in [1.82, 2.24) is 0 Å². The zero-order chi connectivity index (χ0) is 13.5. The number of rotatable bonds is 5. The third-order valence-corrected chi connectivity index (χ3v) is 4.23. The molecule has 2 aliphatic carbocycles. The average Bonchev–Trinajstić information content (AvgIpc) is 2.44. The maximum absolute atomic E-state index is 11.6. The molecule has 106 valence electrons. The van der Waals surface area contributed by atoms with Crippen LogP contribution >= 0.6 is 0 Å². The number of allylic oxidation sites excluding steroid dienone is 3. The molecule has 2 saturated carbocycles. The third kappa shape index (κ3) is 4.52. The minimum Gasteiger partial charge on any atom is -0.495 e. The van der Waals surface area contributed by atoms with Gasteiger partial charge in [-0.05, 0) is 51.0 Å². The van der Waals surface area contributed by atoms with Crippen molar-refractivity contribution in [3.8, 4) is 0 Å². The number of ether oxygens (including phenoxy) is 1. The van der Waals surface area contributed by atoms with E-state index in [0.717, 1.165) is 31.4 Å². The van der Waals surface area contributed by atoms with E-state index in [1.54, 1.807) is 0 Å². The van der Waals surface area contributed by atoms with E-state index in [0.29, 0.717) is 24.2 Å². The van der Waals surface area contributed by atoms with Gasteiger partial charge < -0.3 is 4.74 Å². The molecule has 0 aromatic rings. The van der Waals surface area contributed by atoms with Crippen LogP contribution in [0.25, 0.3) is 0 Å². The summed E-state index contributed by atoms with van der Waals surface area (Å²) < 4.78 is 6.24. The van der Waals surface area contributed by atoms with E-state index in [-0.39, 0.29) is 0 Å². The summed E-state index contributed by atoms with van der Waals surface area (Å²) in [5, 5.41) is 0. The van der Waals surface area contributed by atoms with E-state index in [2.05, 4.69) is 12.7 Å². The number of Topliss-reactive ketones (excluding diaryl/α,β-unsaturated/α-hetero) is 1. The van der Waals surface area contributed by atoms with Crippen molar-refractivity contribution in [2.75, 3.05) is 0 Å². The number of hydrogen-bond donors (Lipinski definition) is 0. The molecule has 0 saturated heterocycles. The van der Waals surface area contributed by atoms with Crippen LogP contribution in [-0.2, 0) is 9.53 Å². The maximum Gasteiger partial charge on any atom is 0.133 e. The van der Waals surface area contributed by atoms with Crippen molar-refractivity contribution in [1.29, 1.82) is 0 Å². The van der Waals surface area contributed by atoms with Crippen LogP contribution in [0.15, 0.2) is 24.5 Å². The van der Waals surface area contributed by atoms with E-state index in [1.165, 1.54) is 32.1 Å². The molecule has 0 aromatic carbocycles. The maximum atomic E-state index is 11.6. The summed E-state index contributed by atoms with van der Waals surface area (Å²) >= 11 is 0. The van der Waals surface area contributed by atoms with Crippen LogP contribution in [0.1, 0.15) is 64.2 Å². The van der Waals surface area contributed by atoms with Gasteiger partial charge in [0.05, 0.1) is 11.9 Å². The van der Waals surface area contributed by atoms with Crippen molar-refractivity contribution in [2.45, 2.75) is 70.3 Å². The van der Waals surface area contributed by atoms with Gasteiger partial charge in [-0.15, -0.1) is 6.58 Å². The molecule has 0 N–H and O–H groups in total. The highest BCUT2D eigenvalue weighted by atomic mass is 16.5. The molecule has 0 amide bonds. The van der Waals surface area contributed by atoms with Gasteiger partial charge >= 0.3 is 0 Å². The van der Waals surface area contributed by atoms with Crippen molar-refractivity contribution >= 4 is 5.78 Å². The smallest absolute Gasteiger partial charge is 0.133 e. The van der Waals surface area contributed by atoms with E-state index < -0.39 is 0 Å². The lowest BCUT2D eigenvalue weighted by Gasteiger charge is -2.30. The first-order valence-corrected chi connectivity index (χ1v) is 7.79. The van der Waals surface area contributed by atoms with Gasteiger partial charge in [-0.3, -0.25) is 4.79 Å². The lowest BCUT2D eigenvalue weighted by atomic mass is 9.86. The number of ketones is 1. The van der Waals surface area contributed by atoms with Gasteiger partial charge in [-0.2, -0.15) is 0 Å². The highest BCUT2D eigenvalue weighted by Gasteiger charge is 2.26. The van der Waals surface area contributed by atoms with Crippen LogP contribution in [0.5, 0.6) is 0 Å². The zero-order valence-electron chi connectivity index (χ0n) is 11.9. The molecule has 0 bridgehead atoms. The van der Waals surface area contributed by atoms with Crippen molar-refractivity contribution in [2.24, 2.45) is 5.92 Å². The molecule has 0 heterocycles. The Kier molecular flexibility index (Phi) is 5.68. The fraction of sp³-hybridized carbons (Fsp3) is 0.706. The Morgan fingerprint density at radius 1 is 1.21 bits per heavy atom. The Bertz CT molecular complexity index is 337. The molecule has 2 aliphatic rings. The standard InChI is InChI=1S/C17H26O2/c1-2-3-12-17(14-8-7-9-15(18)13-14)19-16-10-5-4-6-11-16/h2,12,14,16H,1,3-11,13H2/b17-12-. The van der Waals surface area contributed by atoms with Gasteiger partial charge in [-0.25, -0.2) is 0 Å². The molecule has 0 aromatic heterocycles. The Labute approximate surface area is 116 Å². The highest BCUT2D eigenvalue weighted by Crippen LogP contribution is 2.32. The molecule has 1 atom stereocenters. The molecule has 1 unspecified atom stereocenters.